The molecule has 1 fully saturated rings. The minimum absolute atomic E-state index is 0.0800. The quantitative estimate of drug-likeness (QED) is 0.742. The summed E-state index contributed by atoms with van der Waals surface area (Å²) in [5, 5.41) is 9.17. The summed E-state index contributed by atoms with van der Waals surface area (Å²) in [6, 6.07) is 12.5. The molecule has 1 saturated carbocycles. The molecule has 2 aliphatic rings. The van der Waals surface area contributed by atoms with Crippen molar-refractivity contribution in [3.63, 3.8) is 0 Å². The van der Waals surface area contributed by atoms with E-state index < -0.39 is 0 Å². The predicted molar refractivity (Wildman–Crippen MR) is 111 cm³/mol. The van der Waals surface area contributed by atoms with Crippen LogP contribution in [0.4, 0.5) is 0 Å². The third-order valence-corrected chi connectivity index (χ3v) is 6.12. The van der Waals surface area contributed by atoms with E-state index in [0.29, 0.717) is 11.8 Å². The molecule has 3 heterocycles. The van der Waals surface area contributed by atoms with Gasteiger partial charge in [0.05, 0.1) is 5.69 Å². The lowest BCUT2D eigenvalue weighted by molar-refractivity contribution is 0.139. The number of nitrogens with two attached hydrogens (primary N) is 1. The summed E-state index contributed by atoms with van der Waals surface area (Å²) in [6.07, 6.45) is 7.73. The SMILES string of the molecule is Cc1ccc2c(c1)CC(N)Cc1nnc([C@H]3CC[C@H](Oc4ccccn4)CC3)n1-2. The number of hydrogen-bond donors (Lipinski definition) is 1. The topological polar surface area (TPSA) is 78.8 Å². The van der Waals surface area contributed by atoms with Crippen LogP contribution in [0, 0.1) is 6.92 Å². The highest BCUT2D eigenvalue weighted by molar-refractivity contribution is 5.47. The molecule has 0 saturated heterocycles. The summed E-state index contributed by atoms with van der Waals surface area (Å²) in [7, 11) is 0. The van der Waals surface area contributed by atoms with Gasteiger partial charge in [0.15, 0.2) is 0 Å². The second-order valence-corrected chi connectivity index (χ2v) is 8.37. The van der Waals surface area contributed by atoms with Gasteiger partial charge in [-0.05, 0) is 56.7 Å². The highest BCUT2D eigenvalue weighted by Gasteiger charge is 2.31. The largest absolute Gasteiger partial charge is 0.474 e. The van der Waals surface area contributed by atoms with Gasteiger partial charge in [0.25, 0.3) is 0 Å². The molecule has 150 valence electrons. The van der Waals surface area contributed by atoms with E-state index >= 15 is 0 Å². The molecule has 1 aliphatic carbocycles. The molecule has 0 bridgehead atoms. The number of fused-ring (bicyclic) bond motifs is 3. The molecule has 6 nitrogen and oxygen atoms in total. The molecule has 1 aromatic carbocycles. The first kappa shape index (κ1) is 18.3. The van der Waals surface area contributed by atoms with Gasteiger partial charge in [0.2, 0.25) is 5.88 Å². The van der Waals surface area contributed by atoms with Crippen LogP contribution in [0.2, 0.25) is 0 Å². The molecule has 1 unspecified atom stereocenters. The number of hydrogen-bond acceptors (Lipinski definition) is 5. The van der Waals surface area contributed by atoms with Crippen molar-refractivity contribution >= 4 is 0 Å². The molecule has 29 heavy (non-hydrogen) atoms. The van der Waals surface area contributed by atoms with Crippen LogP contribution in [-0.2, 0) is 12.8 Å². The van der Waals surface area contributed by atoms with E-state index in [1.165, 1.54) is 16.8 Å². The first-order chi connectivity index (χ1) is 14.2. The maximum Gasteiger partial charge on any atom is 0.213 e. The van der Waals surface area contributed by atoms with Gasteiger partial charge >= 0.3 is 0 Å². The average molecular weight is 390 g/mol. The third-order valence-electron chi connectivity index (χ3n) is 6.12. The smallest absolute Gasteiger partial charge is 0.213 e. The normalized spacial score (nSPS) is 23.7. The fourth-order valence-electron chi connectivity index (χ4n) is 4.70. The molecule has 0 amide bonds. The van der Waals surface area contributed by atoms with Gasteiger partial charge in [-0.1, -0.05) is 23.8 Å². The Morgan fingerprint density at radius 3 is 2.69 bits per heavy atom. The minimum atomic E-state index is 0.0800. The fourth-order valence-corrected chi connectivity index (χ4v) is 4.70. The molecule has 5 rings (SSSR count). The number of aromatic nitrogens is 4. The van der Waals surface area contributed by atoms with Gasteiger partial charge in [-0.15, -0.1) is 10.2 Å². The second kappa shape index (κ2) is 7.59. The average Bonchev–Trinajstić information content (AvgIpc) is 3.06. The molecule has 0 radical (unpaired) electrons. The molecule has 0 spiro atoms. The number of nitrogens with zero attached hydrogens (tertiary/aromatic N) is 4. The third kappa shape index (κ3) is 3.65. The highest BCUT2D eigenvalue weighted by atomic mass is 16.5. The van der Waals surface area contributed by atoms with E-state index in [0.717, 1.165) is 50.2 Å². The van der Waals surface area contributed by atoms with Crippen molar-refractivity contribution in [2.75, 3.05) is 0 Å². The van der Waals surface area contributed by atoms with Crippen molar-refractivity contribution in [3.8, 4) is 11.6 Å². The maximum atomic E-state index is 6.39. The fraction of sp³-hybridized carbons (Fsp3) is 0.435. The molecule has 1 aliphatic heterocycles. The number of benzene rings is 1. The Hall–Kier alpha value is -2.73. The van der Waals surface area contributed by atoms with Gasteiger partial charge in [-0.25, -0.2) is 4.98 Å². The van der Waals surface area contributed by atoms with Crippen LogP contribution in [0.25, 0.3) is 5.69 Å². The Morgan fingerprint density at radius 2 is 1.90 bits per heavy atom. The van der Waals surface area contributed by atoms with Crippen molar-refractivity contribution in [2.45, 2.75) is 63.5 Å². The van der Waals surface area contributed by atoms with E-state index in [9.17, 15) is 0 Å². The van der Waals surface area contributed by atoms with Gasteiger partial charge in [-0.2, -0.15) is 0 Å². The lowest BCUT2D eigenvalue weighted by Gasteiger charge is -2.28. The first-order valence-electron chi connectivity index (χ1n) is 10.5. The van der Waals surface area contributed by atoms with E-state index in [4.69, 9.17) is 10.5 Å². The van der Waals surface area contributed by atoms with Crippen LogP contribution in [0.1, 0.15) is 54.4 Å². The zero-order valence-corrected chi connectivity index (χ0v) is 16.8. The lowest BCUT2D eigenvalue weighted by Crippen LogP contribution is -2.25. The van der Waals surface area contributed by atoms with Gasteiger partial charge in [0, 0.05) is 30.6 Å². The Bertz CT molecular complexity index is 992. The van der Waals surface area contributed by atoms with Crippen LogP contribution < -0.4 is 10.5 Å². The Labute approximate surface area is 171 Å². The standard InChI is InChI=1S/C23H27N5O/c1-15-5-10-20-17(12-15)13-18(24)14-21-26-27-23(28(20)21)16-6-8-19(9-7-16)29-22-4-2-3-11-25-22/h2-5,10-12,16,18-19H,6-9,13-14,24H2,1H3/t16-,18?,19-. The summed E-state index contributed by atoms with van der Waals surface area (Å²) in [5.41, 5.74) is 10.2. The molecule has 3 aromatic rings. The molecule has 1 atom stereocenters. The zero-order valence-electron chi connectivity index (χ0n) is 16.8. The molecule has 2 aromatic heterocycles. The lowest BCUT2D eigenvalue weighted by atomic mass is 9.86. The van der Waals surface area contributed by atoms with E-state index in [2.05, 4.69) is 44.9 Å². The summed E-state index contributed by atoms with van der Waals surface area (Å²) >= 11 is 0. The summed E-state index contributed by atoms with van der Waals surface area (Å²) < 4.78 is 8.35. The van der Waals surface area contributed by atoms with E-state index in [-0.39, 0.29) is 12.1 Å². The van der Waals surface area contributed by atoms with Crippen LogP contribution in [0.3, 0.4) is 0 Å². The maximum absolute atomic E-state index is 6.39. The van der Waals surface area contributed by atoms with Crippen molar-refractivity contribution in [3.05, 3.63) is 65.4 Å². The van der Waals surface area contributed by atoms with Crippen molar-refractivity contribution in [1.29, 1.82) is 0 Å². The van der Waals surface area contributed by atoms with Crippen LogP contribution in [-0.4, -0.2) is 31.9 Å². The number of pyridine rings is 1. The predicted octanol–water partition coefficient (Wildman–Crippen LogP) is 3.50. The molecular weight excluding hydrogens is 362 g/mol. The number of aryl methyl sites for hydroxylation is 1. The second-order valence-electron chi connectivity index (χ2n) is 8.37. The number of rotatable bonds is 3. The van der Waals surface area contributed by atoms with Crippen LogP contribution >= 0.6 is 0 Å². The monoisotopic (exact) mass is 389 g/mol. The molecule has 2 N–H and O–H groups in total. The van der Waals surface area contributed by atoms with Crippen LogP contribution in [0.15, 0.2) is 42.6 Å². The zero-order chi connectivity index (χ0) is 19.8. The van der Waals surface area contributed by atoms with E-state index in [1.54, 1.807) is 6.20 Å². The Balaban J connectivity index is 1.38. The van der Waals surface area contributed by atoms with E-state index in [1.807, 2.05) is 18.2 Å². The Morgan fingerprint density at radius 1 is 1.03 bits per heavy atom. The number of ether oxygens (including phenoxy) is 1. The van der Waals surface area contributed by atoms with Gasteiger partial charge in [0.1, 0.15) is 17.8 Å². The summed E-state index contributed by atoms with van der Waals surface area (Å²) in [4.78, 5) is 4.29. The highest BCUT2D eigenvalue weighted by Crippen LogP contribution is 2.36. The first-order valence-corrected chi connectivity index (χ1v) is 10.5. The Kier molecular flexibility index (Phi) is 4.79. The van der Waals surface area contributed by atoms with Gasteiger partial charge < -0.3 is 10.5 Å². The van der Waals surface area contributed by atoms with Crippen molar-refractivity contribution < 1.29 is 4.74 Å². The minimum Gasteiger partial charge on any atom is -0.474 e. The molecular formula is C23H27N5O. The summed E-state index contributed by atoms with van der Waals surface area (Å²) in [6.45, 7) is 2.13. The van der Waals surface area contributed by atoms with Crippen molar-refractivity contribution in [2.24, 2.45) is 5.73 Å². The summed E-state index contributed by atoms with van der Waals surface area (Å²) in [5.74, 6) is 3.17. The van der Waals surface area contributed by atoms with Gasteiger partial charge in [-0.3, -0.25) is 4.57 Å². The molecule has 6 heteroatoms. The van der Waals surface area contributed by atoms with Crippen LogP contribution in [0.5, 0.6) is 5.88 Å². The van der Waals surface area contributed by atoms with Crippen molar-refractivity contribution in [1.82, 2.24) is 19.7 Å².